The predicted molar refractivity (Wildman–Crippen MR) is 74.7 cm³/mol. The number of hydrogen-bond acceptors (Lipinski definition) is 3. The molecule has 1 aliphatic rings. The monoisotopic (exact) mass is 286 g/mol. The minimum atomic E-state index is -0.980. The van der Waals surface area contributed by atoms with Crippen molar-refractivity contribution in [3.05, 3.63) is 47.5 Å². The summed E-state index contributed by atoms with van der Waals surface area (Å²) in [6.45, 7) is 0. The SMILES string of the molecule is O=C(O)c1ccc2c(c1)[SiH2]c1cc(C(=O)O)ccc1O2. The molecule has 2 aromatic rings. The number of fused-ring (bicyclic) bond motifs is 2. The van der Waals surface area contributed by atoms with Crippen LogP contribution in [0.4, 0.5) is 0 Å². The molecule has 0 aromatic heterocycles. The Hall–Kier alpha value is -2.60. The van der Waals surface area contributed by atoms with Crippen LogP contribution in [-0.4, -0.2) is 31.7 Å². The van der Waals surface area contributed by atoms with Crippen LogP contribution < -0.4 is 15.1 Å². The molecule has 0 radical (unpaired) electrons. The van der Waals surface area contributed by atoms with E-state index in [2.05, 4.69) is 0 Å². The predicted octanol–water partition coefficient (Wildman–Crippen LogP) is 0.308. The molecule has 0 spiro atoms. The van der Waals surface area contributed by atoms with Gasteiger partial charge in [0.25, 0.3) is 0 Å². The molecule has 0 saturated heterocycles. The van der Waals surface area contributed by atoms with E-state index in [0.717, 1.165) is 10.4 Å². The van der Waals surface area contributed by atoms with Crippen molar-refractivity contribution in [2.24, 2.45) is 0 Å². The fraction of sp³-hybridized carbons (Fsp3) is 0. The van der Waals surface area contributed by atoms with Gasteiger partial charge in [-0.3, -0.25) is 0 Å². The topological polar surface area (TPSA) is 83.8 Å². The normalized spacial score (nSPS) is 12.0. The standard InChI is InChI=1S/C14H10O5Si/c15-13(16)7-1-3-9-11(5-7)20-12-6-8(14(17)18)2-4-10(12)19-9/h1-6H,20H2,(H,15,16)(H,17,18). The van der Waals surface area contributed by atoms with E-state index in [1.807, 2.05) is 0 Å². The van der Waals surface area contributed by atoms with Crippen molar-refractivity contribution in [3.8, 4) is 11.5 Å². The number of hydrogen-bond donors (Lipinski definition) is 2. The van der Waals surface area contributed by atoms with Crippen LogP contribution in [0.5, 0.6) is 11.5 Å². The minimum absolute atomic E-state index is 0.220. The summed E-state index contributed by atoms with van der Waals surface area (Å²) in [6.07, 6.45) is 0. The quantitative estimate of drug-likeness (QED) is 0.662. The molecular weight excluding hydrogens is 276 g/mol. The van der Waals surface area contributed by atoms with Gasteiger partial charge in [0, 0.05) is 0 Å². The second kappa shape index (κ2) is 4.50. The zero-order chi connectivity index (χ0) is 14.3. The average Bonchev–Trinajstić information content (AvgIpc) is 2.43. The maximum atomic E-state index is 11.0. The van der Waals surface area contributed by atoms with Crippen molar-refractivity contribution in [1.82, 2.24) is 0 Å². The zero-order valence-electron chi connectivity index (χ0n) is 10.3. The van der Waals surface area contributed by atoms with E-state index in [9.17, 15) is 9.59 Å². The van der Waals surface area contributed by atoms with Crippen molar-refractivity contribution < 1.29 is 24.5 Å². The molecule has 0 aliphatic carbocycles. The van der Waals surface area contributed by atoms with E-state index >= 15 is 0 Å². The largest absolute Gasteiger partial charge is 0.478 e. The number of benzene rings is 2. The van der Waals surface area contributed by atoms with Crippen LogP contribution in [0.25, 0.3) is 0 Å². The van der Waals surface area contributed by atoms with E-state index < -0.39 is 21.5 Å². The summed E-state index contributed by atoms with van der Waals surface area (Å²) in [7, 11) is -0.953. The number of carboxylic acids is 2. The number of carbonyl (C=O) groups is 2. The van der Waals surface area contributed by atoms with E-state index in [0.29, 0.717) is 11.5 Å². The summed E-state index contributed by atoms with van der Waals surface area (Å²) < 4.78 is 5.70. The summed E-state index contributed by atoms with van der Waals surface area (Å²) in [5.74, 6) is -0.631. The highest BCUT2D eigenvalue weighted by atomic mass is 28.2. The third kappa shape index (κ3) is 2.06. The first-order valence-electron chi connectivity index (χ1n) is 5.95. The lowest BCUT2D eigenvalue weighted by molar-refractivity contribution is 0.0686. The van der Waals surface area contributed by atoms with Crippen LogP contribution in [-0.2, 0) is 0 Å². The van der Waals surface area contributed by atoms with Crippen LogP contribution in [0.3, 0.4) is 0 Å². The molecule has 0 bridgehead atoms. The van der Waals surface area contributed by atoms with E-state index in [1.54, 1.807) is 24.3 Å². The fourth-order valence-corrected chi connectivity index (χ4v) is 4.01. The highest BCUT2D eigenvalue weighted by Crippen LogP contribution is 2.23. The first-order valence-corrected chi connectivity index (χ1v) is 7.36. The average molecular weight is 286 g/mol. The highest BCUT2D eigenvalue weighted by molar-refractivity contribution is 6.69. The summed E-state index contributed by atoms with van der Waals surface area (Å²) in [6, 6.07) is 9.54. The summed E-state index contributed by atoms with van der Waals surface area (Å²) in [4.78, 5) is 21.9. The van der Waals surface area contributed by atoms with Gasteiger partial charge >= 0.3 is 11.9 Å². The molecule has 20 heavy (non-hydrogen) atoms. The number of aromatic carboxylic acids is 2. The molecule has 1 heterocycles. The highest BCUT2D eigenvalue weighted by Gasteiger charge is 2.20. The fourth-order valence-electron chi connectivity index (χ4n) is 2.22. The van der Waals surface area contributed by atoms with Gasteiger partial charge in [-0.25, -0.2) is 9.59 Å². The third-order valence-electron chi connectivity index (χ3n) is 3.22. The second-order valence-electron chi connectivity index (χ2n) is 4.53. The van der Waals surface area contributed by atoms with Gasteiger partial charge in [-0.15, -0.1) is 0 Å². The Labute approximate surface area is 116 Å². The maximum Gasteiger partial charge on any atom is 0.335 e. The van der Waals surface area contributed by atoms with Crippen LogP contribution in [0.2, 0.25) is 0 Å². The maximum absolute atomic E-state index is 11.0. The lowest BCUT2D eigenvalue weighted by Crippen LogP contribution is -2.34. The second-order valence-corrected chi connectivity index (χ2v) is 6.41. The molecular formula is C14H10O5Si. The molecule has 2 aromatic carbocycles. The molecule has 5 nitrogen and oxygen atoms in total. The lowest BCUT2D eigenvalue weighted by atomic mass is 10.2. The van der Waals surface area contributed by atoms with Crippen molar-refractivity contribution in [1.29, 1.82) is 0 Å². The van der Waals surface area contributed by atoms with Gasteiger partial charge in [0.1, 0.15) is 11.5 Å². The van der Waals surface area contributed by atoms with Crippen LogP contribution in [0.15, 0.2) is 36.4 Å². The van der Waals surface area contributed by atoms with E-state index in [4.69, 9.17) is 14.9 Å². The molecule has 2 N–H and O–H groups in total. The Balaban J connectivity index is 2.03. The van der Waals surface area contributed by atoms with Crippen LogP contribution >= 0.6 is 0 Å². The van der Waals surface area contributed by atoms with Crippen molar-refractivity contribution in [2.45, 2.75) is 0 Å². The van der Waals surface area contributed by atoms with E-state index in [-0.39, 0.29) is 11.1 Å². The van der Waals surface area contributed by atoms with Gasteiger partial charge in [0.15, 0.2) is 0 Å². The Morgan fingerprint density at radius 1 is 0.850 bits per heavy atom. The van der Waals surface area contributed by atoms with Gasteiger partial charge in [0.05, 0.1) is 20.6 Å². The summed E-state index contributed by atoms with van der Waals surface area (Å²) in [5, 5.41) is 19.7. The Morgan fingerprint density at radius 3 is 1.70 bits per heavy atom. The lowest BCUT2D eigenvalue weighted by Gasteiger charge is -2.20. The van der Waals surface area contributed by atoms with E-state index in [1.165, 1.54) is 12.1 Å². The number of rotatable bonds is 2. The number of ether oxygens (including phenoxy) is 1. The molecule has 100 valence electrons. The first kappa shape index (κ1) is 12.4. The summed E-state index contributed by atoms with van der Waals surface area (Å²) >= 11 is 0. The van der Waals surface area contributed by atoms with Crippen molar-refractivity contribution in [3.63, 3.8) is 0 Å². The van der Waals surface area contributed by atoms with Crippen LogP contribution in [0, 0.1) is 0 Å². The molecule has 0 atom stereocenters. The zero-order valence-corrected chi connectivity index (χ0v) is 11.7. The molecule has 1 aliphatic heterocycles. The molecule has 6 heteroatoms. The van der Waals surface area contributed by atoms with Gasteiger partial charge in [0.2, 0.25) is 0 Å². The summed E-state index contributed by atoms with van der Waals surface area (Å²) in [5.41, 5.74) is 0.440. The molecule has 0 amide bonds. The Kier molecular flexibility index (Phi) is 2.80. The van der Waals surface area contributed by atoms with Gasteiger partial charge in [-0.05, 0) is 46.8 Å². The first-order chi connectivity index (χ1) is 9.54. The molecule has 0 fully saturated rings. The Bertz CT molecular complexity index is 677. The minimum Gasteiger partial charge on any atom is -0.478 e. The molecule has 0 saturated carbocycles. The van der Waals surface area contributed by atoms with Gasteiger partial charge in [-0.1, -0.05) is 0 Å². The molecule has 0 unspecified atom stereocenters. The Morgan fingerprint density at radius 2 is 1.30 bits per heavy atom. The number of carboxylic acid groups (broad SMARTS) is 2. The van der Waals surface area contributed by atoms with Crippen LogP contribution in [0.1, 0.15) is 20.7 Å². The van der Waals surface area contributed by atoms with Gasteiger partial charge in [-0.2, -0.15) is 0 Å². The third-order valence-corrected chi connectivity index (χ3v) is 5.08. The molecule has 3 rings (SSSR count). The van der Waals surface area contributed by atoms with Crippen molar-refractivity contribution >= 4 is 31.8 Å². The van der Waals surface area contributed by atoms with Gasteiger partial charge < -0.3 is 14.9 Å². The van der Waals surface area contributed by atoms with Crippen molar-refractivity contribution in [2.75, 3.05) is 0 Å². The smallest absolute Gasteiger partial charge is 0.335 e.